The van der Waals surface area contributed by atoms with E-state index in [1.807, 2.05) is 60.7 Å². The SMILES string of the molecule is O=C(O)c1cc(-c2cc(C(=O)NCCCOCCOCCOCCOCCOCCCNCc3cc(-c4ccc(F)c(C(=O)O)c4)nc4[nH][n+]([O-])c(-c5ccccc5)c34)c3c(-c4ccccc4)n[nH]c3n2)ccc1F. The van der Waals surface area contributed by atoms with Crippen molar-refractivity contribution in [2.75, 3.05) is 79.2 Å². The van der Waals surface area contributed by atoms with Crippen LogP contribution in [0.2, 0.25) is 0 Å². The Kier molecular flexibility index (Phi) is 18.6. The molecule has 390 valence electrons. The molecule has 21 heteroatoms. The number of hydrogen-bond donors (Lipinski definition) is 6. The van der Waals surface area contributed by atoms with Gasteiger partial charge in [-0.05, 0) is 85.6 Å². The summed E-state index contributed by atoms with van der Waals surface area (Å²) in [6, 6.07) is 29.2. The second-order valence-corrected chi connectivity index (χ2v) is 16.9. The number of nitrogens with zero attached hydrogens (tertiary/aromatic N) is 4. The number of aromatic carboxylic acids is 2. The molecule has 8 rings (SSSR count). The van der Waals surface area contributed by atoms with Crippen LogP contribution in [0.25, 0.3) is 67.1 Å². The molecule has 0 saturated carbocycles. The fourth-order valence-corrected chi connectivity index (χ4v) is 8.18. The predicted molar refractivity (Wildman–Crippen MR) is 272 cm³/mol. The van der Waals surface area contributed by atoms with E-state index in [1.165, 1.54) is 24.3 Å². The summed E-state index contributed by atoms with van der Waals surface area (Å²) in [6.45, 7) is 5.15. The summed E-state index contributed by atoms with van der Waals surface area (Å²) in [5, 5.41) is 49.6. The quantitative estimate of drug-likeness (QED) is 0.0154. The Hall–Kier alpha value is -8.05. The number of amides is 1. The van der Waals surface area contributed by atoms with Gasteiger partial charge in [-0.15, -0.1) is 5.10 Å². The minimum atomic E-state index is -1.42. The molecule has 75 heavy (non-hydrogen) atoms. The zero-order chi connectivity index (χ0) is 52.5. The van der Waals surface area contributed by atoms with E-state index >= 15 is 0 Å². The van der Waals surface area contributed by atoms with Gasteiger partial charge in [-0.2, -0.15) is 5.10 Å². The largest absolute Gasteiger partial charge is 0.596 e. The summed E-state index contributed by atoms with van der Waals surface area (Å²) in [5.74, 6) is -4.96. The first-order valence-corrected chi connectivity index (χ1v) is 24.2. The molecular formula is C54H54F2N8O11. The van der Waals surface area contributed by atoms with Crippen molar-refractivity contribution in [2.45, 2.75) is 19.4 Å². The van der Waals surface area contributed by atoms with Gasteiger partial charge in [0, 0.05) is 43.0 Å². The molecule has 4 heterocycles. The third kappa shape index (κ3) is 13.8. The average molecular weight is 1030 g/mol. The first-order chi connectivity index (χ1) is 36.6. The van der Waals surface area contributed by atoms with Gasteiger partial charge >= 0.3 is 11.9 Å². The maximum Gasteiger partial charge on any atom is 0.338 e. The first-order valence-electron chi connectivity index (χ1n) is 24.2. The molecule has 0 radical (unpaired) electrons. The van der Waals surface area contributed by atoms with E-state index in [9.17, 15) is 38.6 Å². The van der Waals surface area contributed by atoms with E-state index in [0.717, 1.165) is 23.3 Å². The number of pyridine rings is 2. The second kappa shape index (κ2) is 26.2. The number of fused-ring (bicyclic) bond motifs is 2. The van der Waals surface area contributed by atoms with Crippen LogP contribution < -0.4 is 15.5 Å². The van der Waals surface area contributed by atoms with Crippen molar-refractivity contribution in [3.05, 3.63) is 148 Å². The lowest BCUT2D eigenvalue weighted by atomic mass is 10.0. The summed E-state index contributed by atoms with van der Waals surface area (Å²) in [5.41, 5.74) is 4.38. The van der Waals surface area contributed by atoms with Gasteiger partial charge in [-0.3, -0.25) is 9.89 Å². The maximum atomic E-state index is 14.2. The van der Waals surface area contributed by atoms with Crippen LogP contribution in [-0.4, -0.2) is 132 Å². The fraction of sp³-hybridized carbons (Fsp3) is 0.278. The molecule has 4 aromatic carbocycles. The molecule has 0 bridgehead atoms. The number of halogens is 2. The molecule has 8 aromatic rings. The highest BCUT2D eigenvalue weighted by Crippen LogP contribution is 2.33. The van der Waals surface area contributed by atoms with Gasteiger partial charge < -0.3 is 49.7 Å². The van der Waals surface area contributed by atoms with Crippen LogP contribution in [0.3, 0.4) is 0 Å². The van der Waals surface area contributed by atoms with E-state index in [1.54, 1.807) is 12.1 Å². The first kappa shape index (κ1) is 53.2. The van der Waals surface area contributed by atoms with Crippen molar-refractivity contribution in [3.8, 4) is 45.0 Å². The van der Waals surface area contributed by atoms with Gasteiger partial charge in [0.15, 0.2) is 5.65 Å². The number of aromatic nitrogens is 6. The van der Waals surface area contributed by atoms with Gasteiger partial charge in [0.1, 0.15) is 22.7 Å². The molecule has 0 aliphatic carbocycles. The summed E-state index contributed by atoms with van der Waals surface area (Å²) < 4.78 is 56.6. The molecule has 0 saturated heterocycles. The second-order valence-electron chi connectivity index (χ2n) is 16.9. The summed E-state index contributed by atoms with van der Waals surface area (Å²) >= 11 is 0. The number of nitrogens with one attached hydrogen (secondary N) is 4. The van der Waals surface area contributed by atoms with Crippen LogP contribution in [0, 0.1) is 16.8 Å². The van der Waals surface area contributed by atoms with Gasteiger partial charge in [0.25, 0.3) is 11.6 Å². The molecule has 19 nitrogen and oxygen atoms in total. The van der Waals surface area contributed by atoms with Crippen molar-refractivity contribution in [1.82, 2.24) is 35.9 Å². The molecule has 0 unspecified atom stereocenters. The summed E-state index contributed by atoms with van der Waals surface area (Å²) in [4.78, 5) is 46.8. The van der Waals surface area contributed by atoms with E-state index in [4.69, 9.17) is 23.7 Å². The topological polar surface area (TPSA) is 259 Å². The van der Waals surface area contributed by atoms with Crippen molar-refractivity contribution < 1.29 is 61.9 Å². The van der Waals surface area contributed by atoms with Crippen molar-refractivity contribution in [1.29, 1.82) is 0 Å². The normalized spacial score (nSPS) is 11.4. The standard InChI is InChI=1S/C54H54F2N8O11/c55-42-15-13-36(29-39(42)53(66)67)44-31-38(46-49(35-11-5-2-6-12-35)64(70)63-51(46)60-44)33-57-17-7-19-71-21-23-73-25-27-75-28-26-74-24-22-72-20-8-18-58-52(65)41-32-45(37-14-16-43(56)40(30-37)54(68)69)59-50-47(41)48(61-62-50)34-9-3-1-4-10-34/h1-6,9-16,29-32,57H,7-8,17-28,33H2,(H,58,65)(H,60,63)(H,66,67)(H,68,69)(H,59,61,62). The van der Waals surface area contributed by atoms with Crippen molar-refractivity contribution in [2.24, 2.45) is 0 Å². The Morgan fingerprint density at radius 3 is 1.64 bits per heavy atom. The van der Waals surface area contributed by atoms with Gasteiger partial charge in [0.05, 0.1) is 91.9 Å². The van der Waals surface area contributed by atoms with Gasteiger partial charge in [-0.1, -0.05) is 53.4 Å². The number of carboxylic acid groups (broad SMARTS) is 2. The molecule has 0 aliphatic rings. The minimum Gasteiger partial charge on any atom is -0.596 e. The molecule has 0 aliphatic heterocycles. The van der Waals surface area contributed by atoms with Crippen LogP contribution in [0.4, 0.5) is 8.78 Å². The molecular weight excluding hydrogens is 975 g/mol. The maximum absolute atomic E-state index is 14.2. The third-order valence-electron chi connectivity index (χ3n) is 11.8. The van der Waals surface area contributed by atoms with Gasteiger partial charge in [-0.25, -0.2) is 28.3 Å². The average Bonchev–Trinajstić information content (AvgIpc) is 4.03. The Balaban J connectivity index is 0.675. The molecule has 6 N–H and O–H groups in total. The van der Waals surface area contributed by atoms with Crippen LogP contribution in [0.1, 0.15) is 49.5 Å². The number of hydrogen-bond acceptors (Lipinski definition) is 13. The van der Waals surface area contributed by atoms with Crippen LogP contribution in [0.15, 0.2) is 109 Å². The lowest BCUT2D eigenvalue weighted by Gasteiger charge is -2.11. The number of carboxylic acids is 2. The highest BCUT2D eigenvalue weighted by atomic mass is 19.1. The monoisotopic (exact) mass is 1030 g/mol. The van der Waals surface area contributed by atoms with Gasteiger partial charge in [0.2, 0.25) is 5.65 Å². The zero-order valence-corrected chi connectivity index (χ0v) is 40.6. The number of aromatic amines is 2. The lowest BCUT2D eigenvalue weighted by molar-refractivity contribution is -0.651. The molecule has 0 atom stereocenters. The van der Waals surface area contributed by atoms with Crippen LogP contribution in [-0.2, 0) is 30.2 Å². The number of rotatable bonds is 29. The number of carbonyl (C=O) groups is 3. The summed E-state index contributed by atoms with van der Waals surface area (Å²) in [7, 11) is 0. The lowest BCUT2D eigenvalue weighted by Crippen LogP contribution is -2.29. The van der Waals surface area contributed by atoms with E-state index < -0.39 is 40.6 Å². The number of benzene rings is 4. The van der Waals surface area contributed by atoms with E-state index in [-0.39, 0.29) is 11.3 Å². The number of carbonyl (C=O) groups excluding carboxylic acids is 1. The predicted octanol–water partition coefficient (Wildman–Crippen LogP) is 7.19. The Morgan fingerprint density at radius 2 is 1.08 bits per heavy atom. The highest BCUT2D eigenvalue weighted by Gasteiger charge is 2.25. The zero-order valence-electron chi connectivity index (χ0n) is 40.6. The number of H-pyrrole nitrogens is 2. The third-order valence-corrected chi connectivity index (χ3v) is 11.8. The molecule has 0 spiro atoms. The Bertz CT molecular complexity index is 3230. The number of ether oxygens (including phenoxy) is 5. The van der Waals surface area contributed by atoms with Crippen molar-refractivity contribution >= 4 is 39.9 Å². The summed E-state index contributed by atoms with van der Waals surface area (Å²) in [6.07, 6.45) is 1.21. The molecule has 0 fully saturated rings. The van der Waals surface area contributed by atoms with Crippen molar-refractivity contribution in [3.63, 3.8) is 0 Å². The highest BCUT2D eigenvalue weighted by molar-refractivity contribution is 6.11. The Morgan fingerprint density at radius 1 is 0.573 bits per heavy atom. The minimum absolute atomic E-state index is 0.265. The van der Waals surface area contributed by atoms with Crippen LogP contribution >= 0.6 is 0 Å². The fourth-order valence-electron chi connectivity index (χ4n) is 8.18. The molecule has 1 amide bonds. The Labute approximate surface area is 428 Å². The van der Waals surface area contributed by atoms with E-state index in [2.05, 4.69) is 35.9 Å². The van der Waals surface area contributed by atoms with Crippen LogP contribution in [0.5, 0.6) is 0 Å². The van der Waals surface area contributed by atoms with E-state index in [0.29, 0.717) is 159 Å². The smallest absolute Gasteiger partial charge is 0.338 e. The molecule has 4 aromatic heterocycles.